The van der Waals surface area contributed by atoms with Gasteiger partial charge in [-0.3, -0.25) is 0 Å². The minimum atomic E-state index is -0.529. The Kier molecular flexibility index (Phi) is 2.79. The SMILES string of the molecule is Oc1ccc(CNC(C2CC2)C2CC2)cc1F. The molecule has 2 nitrogen and oxygen atoms in total. The molecule has 0 aromatic heterocycles. The molecule has 1 aromatic carbocycles. The summed E-state index contributed by atoms with van der Waals surface area (Å²) < 4.78 is 13.2. The van der Waals surface area contributed by atoms with Crippen LogP contribution in [-0.2, 0) is 6.54 Å². The standard InChI is InChI=1S/C14H18FNO/c15-12-7-9(1-6-13(12)17)8-16-14(10-2-3-10)11-4-5-11/h1,6-7,10-11,14,16-17H,2-5,8H2. The summed E-state index contributed by atoms with van der Waals surface area (Å²) in [5, 5.41) is 12.7. The van der Waals surface area contributed by atoms with E-state index in [1.54, 1.807) is 6.07 Å². The molecule has 1 aromatic rings. The number of halogens is 1. The van der Waals surface area contributed by atoms with Crippen LogP contribution in [0.1, 0.15) is 31.2 Å². The van der Waals surface area contributed by atoms with Crippen LogP contribution in [0.15, 0.2) is 18.2 Å². The lowest BCUT2D eigenvalue weighted by molar-refractivity contribution is 0.412. The fourth-order valence-electron chi connectivity index (χ4n) is 2.52. The number of aromatic hydroxyl groups is 1. The quantitative estimate of drug-likeness (QED) is 0.822. The van der Waals surface area contributed by atoms with E-state index in [-0.39, 0.29) is 5.75 Å². The van der Waals surface area contributed by atoms with Crippen molar-refractivity contribution in [1.82, 2.24) is 5.32 Å². The van der Waals surface area contributed by atoms with Crippen LogP contribution < -0.4 is 5.32 Å². The molecule has 0 spiro atoms. The maximum Gasteiger partial charge on any atom is 0.165 e. The molecule has 2 N–H and O–H groups in total. The number of nitrogens with one attached hydrogen (secondary N) is 1. The van der Waals surface area contributed by atoms with Gasteiger partial charge in [-0.2, -0.15) is 0 Å². The monoisotopic (exact) mass is 235 g/mol. The number of benzene rings is 1. The van der Waals surface area contributed by atoms with Crippen molar-refractivity contribution in [3.63, 3.8) is 0 Å². The van der Waals surface area contributed by atoms with E-state index in [1.807, 2.05) is 0 Å². The van der Waals surface area contributed by atoms with Crippen molar-refractivity contribution in [2.75, 3.05) is 0 Å². The van der Waals surface area contributed by atoms with Crippen molar-refractivity contribution in [1.29, 1.82) is 0 Å². The normalized spacial score (nSPS) is 19.9. The minimum absolute atomic E-state index is 0.269. The second-order valence-corrected chi connectivity index (χ2v) is 5.37. The predicted molar refractivity (Wildman–Crippen MR) is 64.1 cm³/mol. The largest absolute Gasteiger partial charge is 0.505 e. The number of phenols is 1. The first-order chi connectivity index (χ1) is 8.24. The van der Waals surface area contributed by atoms with Crippen molar-refractivity contribution in [2.45, 2.75) is 38.3 Å². The Hall–Kier alpha value is -1.09. The predicted octanol–water partition coefficient (Wildman–Crippen LogP) is 2.81. The van der Waals surface area contributed by atoms with E-state index >= 15 is 0 Å². The number of hydrogen-bond acceptors (Lipinski definition) is 2. The van der Waals surface area contributed by atoms with E-state index < -0.39 is 5.82 Å². The summed E-state index contributed by atoms with van der Waals surface area (Å²) in [6.45, 7) is 0.703. The number of hydrogen-bond donors (Lipinski definition) is 2. The van der Waals surface area contributed by atoms with Gasteiger partial charge < -0.3 is 10.4 Å². The maximum atomic E-state index is 13.2. The summed E-state index contributed by atoms with van der Waals surface area (Å²) in [7, 11) is 0. The van der Waals surface area contributed by atoms with Gasteiger partial charge in [0.25, 0.3) is 0 Å². The Bertz CT molecular complexity index is 401. The molecule has 0 amide bonds. The lowest BCUT2D eigenvalue weighted by Gasteiger charge is -2.17. The molecular weight excluding hydrogens is 217 g/mol. The molecule has 3 heteroatoms. The fourth-order valence-corrected chi connectivity index (χ4v) is 2.52. The molecule has 0 bridgehead atoms. The number of rotatable bonds is 5. The van der Waals surface area contributed by atoms with E-state index in [9.17, 15) is 4.39 Å². The zero-order chi connectivity index (χ0) is 11.8. The molecule has 2 fully saturated rings. The van der Waals surface area contributed by atoms with Gasteiger partial charge in [-0.1, -0.05) is 6.07 Å². The molecular formula is C14H18FNO. The zero-order valence-electron chi connectivity index (χ0n) is 9.82. The van der Waals surface area contributed by atoms with Crippen molar-refractivity contribution >= 4 is 0 Å². The van der Waals surface area contributed by atoms with Crippen LogP contribution in [0, 0.1) is 17.7 Å². The van der Waals surface area contributed by atoms with Crippen LogP contribution in [0.25, 0.3) is 0 Å². The molecule has 2 aliphatic rings. The molecule has 2 aliphatic carbocycles. The summed E-state index contributed by atoms with van der Waals surface area (Å²) in [5.74, 6) is 0.905. The van der Waals surface area contributed by atoms with Gasteiger partial charge in [-0.15, -0.1) is 0 Å². The molecule has 2 saturated carbocycles. The van der Waals surface area contributed by atoms with E-state index in [4.69, 9.17) is 5.11 Å². The van der Waals surface area contributed by atoms with Crippen molar-refractivity contribution in [3.05, 3.63) is 29.6 Å². The third-order valence-corrected chi connectivity index (χ3v) is 3.81. The summed E-state index contributed by atoms with van der Waals surface area (Å²) in [4.78, 5) is 0. The maximum absolute atomic E-state index is 13.2. The van der Waals surface area contributed by atoms with Gasteiger partial charge in [0.2, 0.25) is 0 Å². The van der Waals surface area contributed by atoms with E-state index in [0.29, 0.717) is 12.6 Å². The van der Waals surface area contributed by atoms with E-state index in [0.717, 1.165) is 17.4 Å². The van der Waals surface area contributed by atoms with Gasteiger partial charge in [0.05, 0.1) is 0 Å². The van der Waals surface area contributed by atoms with E-state index in [1.165, 1.54) is 37.8 Å². The summed E-state index contributed by atoms with van der Waals surface area (Å²) >= 11 is 0. The van der Waals surface area contributed by atoms with Crippen LogP contribution >= 0.6 is 0 Å². The average molecular weight is 235 g/mol. The highest BCUT2D eigenvalue weighted by atomic mass is 19.1. The lowest BCUT2D eigenvalue weighted by atomic mass is 10.1. The highest BCUT2D eigenvalue weighted by molar-refractivity contribution is 5.28. The Balaban J connectivity index is 1.60. The van der Waals surface area contributed by atoms with Crippen LogP contribution in [-0.4, -0.2) is 11.1 Å². The first kappa shape index (κ1) is 11.0. The molecule has 0 saturated heterocycles. The van der Waals surface area contributed by atoms with Crippen LogP contribution in [0.3, 0.4) is 0 Å². The summed E-state index contributed by atoms with van der Waals surface area (Å²) in [6.07, 6.45) is 5.38. The molecule has 0 aliphatic heterocycles. The fraction of sp³-hybridized carbons (Fsp3) is 0.571. The van der Waals surface area contributed by atoms with Crippen LogP contribution in [0.4, 0.5) is 4.39 Å². The molecule has 92 valence electrons. The number of phenolic OH excluding ortho intramolecular Hbond substituents is 1. The second-order valence-electron chi connectivity index (χ2n) is 5.37. The van der Waals surface area contributed by atoms with Crippen LogP contribution in [0.2, 0.25) is 0 Å². The first-order valence-corrected chi connectivity index (χ1v) is 6.45. The Morgan fingerprint density at radius 2 is 1.88 bits per heavy atom. The smallest absolute Gasteiger partial charge is 0.165 e. The Morgan fingerprint density at radius 1 is 1.24 bits per heavy atom. The molecule has 0 heterocycles. The Morgan fingerprint density at radius 3 is 2.41 bits per heavy atom. The van der Waals surface area contributed by atoms with Gasteiger partial charge in [-0.25, -0.2) is 4.39 Å². The van der Waals surface area contributed by atoms with Crippen molar-refractivity contribution < 1.29 is 9.50 Å². The summed E-state index contributed by atoms with van der Waals surface area (Å²) in [6, 6.07) is 5.25. The van der Waals surface area contributed by atoms with Gasteiger partial charge in [0.15, 0.2) is 11.6 Å². The lowest BCUT2D eigenvalue weighted by Crippen LogP contribution is -2.32. The van der Waals surface area contributed by atoms with Gasteiger partial charge in [-0.05, 0) is 55.2 Å². The van der Waals surface area contributed by atoms with Gasteiger partial charge in [0, 0.05) is 12.6 Å². The zero-order valence-corrected chi connectivity index (χ0v) is 9.82. The second kappa shape index (κ2) is 4.30. The Labute approximate surface area is 101 Å². The first-order valence-electron chi connectivity index (χ1n) is 6.45. The highest BCUT2D eigenvalue weighted by Crippen LogP contribution is 2.44. The van der Waals surface area contributed by atoms with Gasteiger partial charge in [0.1, 0.15) is 0 Å². The van der Waals surface area contributed by atoms with E-state index in [2.05, 4.69) is 5.32 Å². The highest BCUT2D eigenvalue weighted by Gasteiger charge is 2.40. The van der Waals surface area contributed by atoms with Gasteiger partial charge >= 0.3 is 0 Å². The molecule has 0 atom stereocenters. The molecule has 0 radical (unpaired) electrons. The summed E-state index contributed by atoms with van der Waals surface area (Å²) in [5.41, 5.74) is 0.909. The average Bonchev–Trinajstić information content (AvgIpc) is 3.14. The minimum Gasteiger partial charge on any atom is -0.505 e. The molecule has 17 heavy (non-hydrogen) atoms. The third kappa shape index (κ3) is 2.60. The van der Waals surface area contributed by atoms with Crippen molar-refractivity contribution in [3.8, 4) is 5.75 Å². The van der Waals surface area contributed by atoms with Crippen LogP contribution in [0.5, 0.6) is 5.75 Å². The van der Waals surface area contributed by atoms with Crippen molar-refractivity contribution in [2.24, 2.45) is 11.8 Å². The molecule has 3 rings (SSSR count). The molecule has 0 unspecified atom stereocenters. The topological polar surface area (TPSA) is 32.3 Å². The third-order valence-electron chi connectivity index (χ3n) is 3.81.